The highest BCUT2D eigenvalue weighted by atomic mass is 16.6. The minimum atomic E-state index is -0.364. The lowest BCUT2D eigenvalue weighted by molar-refractivity contribution is -0.384. The van der Waals surface area contributed by atoms with Gasteiger partial charge in [-0.3, -0.25) is 10.1 Å². The van der Waals surface area contributed by atoms with Crippen LogP contribution in [-0.2, 0) is 0 Å². The molecule has 1 aromatic carbocycles. The molecule has 0 unspecified atom stereocenters. The average molecular weight is 285 g/mol. The molecule has 1 aliphatic carbocycles. The Kier molecular flexibility index (Phi) is 3.99. The first kappa shape index (κ1) is 13.8. The van der Waals surface area contributed by atoms with Crippen molar-refractivity contribution >= 4 is 22.3 Å². The first-order valence-corrected chi connectivity index (χ1v) is 7.51. The molecule has 1 heterocycles. The van der Waals surface area contributed by atoms with E-state index in [1.807, 2.05) is 24.3 Å². The Morgan fingerprint density at radius 2 is 2.05 bits per heavy atom. The molecule has 0 spiro atoms. The normalized spacial score (nSPS) is 15.4. The number of hydrogen-bond acceptors (Lipinski definition) is 4. The summed E-state index contributed by atoms with van der Waals surface area (Å²) in [5, 5.41) is 15.3. The van der Waals surface area contributed by atoms with Gasteiger partial charge >= 0.3 is 5.69 Å². The van der Waals surface area contributed by atoms with E-state index in [0.29, 0.717) is 5.69 Å². The summed E-state index contributed by atoms with van der Waals surface area (Å²) < 4.78 is 0. The molecule has 3 rings (SSSR count). The highest BCUT2D eigenvalue weighted by Gasteiger charge is 2.19. The largest absolute Gasteiger partial charge is 0.379 e. The van der Waals surface area contributed by atoms with Gasteiger partial charge in [-0.15, -0.1) is 0 Å². The molecule has 1 N–H and O–H groups in total. The Bertz CT molecular complexity index is 651. The third-order valence-electron chi connectivity index (χ3n) is 4.28. The van der Waals surface area contributed by atoms with E-state index in [1.165, 1.54) is 31.9 Å². The van der Waals surface area contributed by atoms with Crippen molar-refractivity contribution < 1.29 is 4.92 Å². The SMILES string of the molecule is O=[N+]([O-])c1cnc2ccccc2c1NCCC1CCCC1. The summed E-state index contributed by atoms with van der Waals surface area (Å²) in [4.78, 5) is 15.0. The van der Waals surface area contributed by atoms with Gasteiger partial charge in [0.2, 0.25) is 0 Å². The van der Waals surface area contributed by atoms with Crippen LogP contribution < -0.4 is 5.32 Å². The lowest BCUT2D eigenvalue weighted by Crippen LogP contribution is -2.09. The summed E-state index contributed by atoms with van der Waals surface area (Å²) in [7, 11) is 0. The predicted molar refractivity (Wildman–Crippen MR) is 83.5 cm³/mol. The molecule has 0 atom stereocenters. The van der Waals surface area contributed by atoms with Gasteiger partial charge in [-0.05, 0) is 18.4 Å². The van der Waals surface area contributed by atoms with Crippen LogP contribution in [0.3, 0.4) is 0 Å². The quantitative estimate of drug-likeness (QED) is 0.662. The fourth-order valence-corrected chi connectivity index (χ4v) is 3.16. The van der Waals surface area contributed by atoms with E-state index in [0.717, 1.165) is 29.8 Å². The second-order valence-electron chi connectivity index (χ2n) is 5.66. The molecular formula is C16H19N3O2. The van der Waals surface area contributed by atoms with Crippen LogP contribution in [0.25, 0.3) is 10.9 Å². The van der Waals surface area contributed by atoms with Crippen molar-refractivity contribution in [2.24, 2.45) is 5.92 Å². The van der Waals surface area contributed by atoms with E-state index in [1.54, 1.807) is 0 Å². The maximum atomic E-state index is 11.2. The number of hydrogen-bond donors (Lipinski definition) is 1. The minimum absolute atomic E-state index is 0.0557. The number of rotatable bonds is 5. The van der Waals surface area contributed by atoms with Crippen LogP contribution >= 0.6 is 0 Å². The van der Waals surface area contributed by atoms with Gasteiger partial charge < -0.3 is 5.32 Å². The van der Waals surface area contributed by atoms with E-state index in [4.69, 9.17) is 0 Å². The summed E-state index contributed by atoms with van der Waals surface area (Å²) in [5.74, 6) is 0.768. The zero-order chi connectivity index (χ0) is 14.7. The van der Waals surface area contributed by atoms with Crippen LogP contribution in [0.4, 0.5) is 11.4 Å². The van der Waals surface area contributed by atoms with Crippen LogP contribution in [0, 0.1) is 16.0 Å². The second kappa shape index (κ2) is 6.08. The summed E-state index contributed by atoms with van der Waals surface area (Å²) in [5.41, 5.74) is 1.44. The number of nitrogens with zero attached hydrogens (tertiary/aromatic N) is 2. The molecule has 1 fully saturated rings. The maximum absolute atomic E-state index is 11.2. The van der Waals surface area contributed by atoms with Crippen molar-refractivity contribution in [3.63, 3.8) is 0 Å². The monoisotopic (exact) mass is 285 g/mol. The number of fused-ring (bicyclic) bond motifs is 1. The van der Waals surface area contributed by atoms with Gasteiger partial charge in [0.05, 0.1) is 10.4 Å². The number of pyridine rings is 1. The molecule has 0 amide bonds. The van der Waals surface area contributed by atoms with Crippen LogP contribution in [0.5, 0.6) is 0 Å². The minimum Gasteiger partial charge on any atom is -0.379 e. The van der Waals surface area contributed by atoms with E-state index >= 15 is 0 Å². The van der Waals surface area contributed by atoms with Crippen molar-refractivity contribution in [1.82, 2.24) is 4.98 Å². The number of para-hydroxylation sites is 1. The Balaban J connectivity index is 1.83. The molecule has 0 aliphatic heterocycles. The topological polar surface area (TPSA) is 68.1 Å². The van der Waals surface area contributed by atoms with Gasteiger partial charge in [0, 0.05) is 11.9 Å². The highest BCUT2D eigenvalue weighted by molar-refractivity contribution is 5.95. The lowest BCUT2D eigenvalue weighted by Gasteiger charge is -2.12. The van der Waals surface area contributed by atoms with E-state index in [-0.39, 0.29) is 10.6 Å². The number of nitro groups is 1. The van der Waals surface area contributed by atoms with Gasteiger partial charge in [-0.1, -0.05) is 43.9 Å². The van der Waals surface area contributed by atoms with Crippen molar-refractivity contribution in [2.45, 2.75) is 32.1 Å². The van der Waals surface area contributed by atoms with Crippen molar-refractivity contribution in [3.05, 3.63) is 40.6 Å². The smallest absolute Gasteiger partial charge is 0.311 e. The molecule has 0 saturated heterocycles. The standard InChI is InChI=1S/C16H19N3O2/c20-19(21)15-11-18-14-8-4-3-7-13(14)16(15)17-10-9-12-5-1-2-6-12/h3-4,7-8,11-12H,1-2,5-6,9-10H2,(H,17,18). The molecule has 21 heavy (non-hydrogen) atoms. The van der Waals surface area contributed by atoms with E-state index in [9.17, 15) is 10.1 Å². The van der Waals surface area contributed by atoms with Gasteiger partial charge in [0.15, 0.2) is 0 Å². The van der Waals surface area contributed by atoms with Crippen LogP contribution in [0.1, 0.15) is 32.1 Å². The molecule has 110 valence electrons. The zero-order valence-electron chi connectivity index (χ0n) is 11.9. The first-order chi connectivity index (χ1) is 10.3. The average Bonchev–Trinajstić information content (AvgIpc) is 3.00. The first-order valence-electron chi connectivity index (χ1n) is 7.51. The highest BCUT2D eigenvalue weighted by Crippen LogP contribution is 2.32. The molecule has 0 bridgehead atoms. The Hall–Kier alpha value is -2.17. The van der Waals surface area contributed by atoms with E-state index < -0.39 is 0 Å². The molecule has 1 aliphatic rings. The van der Waals surface area contributed by atoms with E-state index in [2.05, 4.69) is 10.3 Å². The van der Waals surface area contributed by atoms with Crippen molar-refractivity contribution in [1.29, 1.82) is 0 Å². The number of benzene rings is 1. The molecule has 1 aromatic heterocycles. The second-order valence-corrected chi connectivity index (χ2v) is 5.66. The molecule has 5 nitrogen and oxygen atoms in total. The molecule has 5 heteroatoms. The third-order valence-corrected chi connectivity index (χ3v) is 4.28. The Labute approximate surface area is 123 Å². The summed E-state index contributed by atoms with van der Waals surface area (Å²) in [6.07, 6.45) is 7.65. The number of nitrogens with one attached hydrogen (secondary N) is 1. The zero-order valence-corrected chi connectivity index (χ0v) is 11.9. The maximum Gasteiger partial charge on any atom is 0.311 e. The predicted octanol–water partition coefficient (Wildman–Crippen LogP) is 4.14. The summed E-state index contributed by atoms with van der Waals surface area (Å²) in [6.45, 7) is 0.777. The fourth-order valence-electron chi connectivity index (χ4n) is 3.16. The molecule has 1 saturated carbocycles. The van der Waals surface area contributed by atoms with Gasteiger partial charge in [-0.25, -0.2) is 4.98 Å². The van der Waals surface area contributed by atoms with Crippen LogP contribution in [0.2, 0.25) is 0 Å². The molecule has 0 radical (unpaired) electrons. The fraction of sp³-hybridized carbons (Fsp3) is 0.438. The number of anilines is 1. The van der Waals surface area contributed by atoms with Gasteiger partial charge in [0.25, 0.3) is 0 Å². The summed E-state index contributed by atoms with van der Waals surface area (Å²) >= 11 is 0. The van der Waals surface area contributed by atoms with Crippen molar-refractivity contribution in [3.8, 4) is 0 Å². The van der Waals surface area contributed by atoms with Crippen molar-refractivity contribution in [2.75, 3.05) is 11.9 Å². The third kappa shape index (κ3) is 2.96. The molecular weight excluding hydrogens is 266 g/mol. The van der Waals surface area contributed by atoms with Crippen LogP contribution in [0.15, 0.2) is 30.5 Å². The van der Waals surface area contributed by atoms with Gasteiger partial charge in [-0.2, -0.15) is 0 Å². The van der Waals surface area contributed by atoms with Crippen LogP contribution in [-0.4, -0.2) is 16.5 Å². The molecule has 2 aromatic rings. The number of aromatic nitrogens is 1. The van der Waals surface area contributed by atoms with Gasteiger partial charge in [0.1, 0.15) is 11.9 Å². The Morgan fingerprint density at radius 3 is 2.81 bits per heavy atom. The lowest BCUT2D eigenvalue weighted by atomic mass is 10.0. The summed E-state index contributed by atoms with van der Waals surface area (Å²) in [6, 6.07) is 7.54. The Morgan fingerprint density at radius 1 is 1.29 bits per heavy atom.